The van der Waals surface area contributed by atoms with Gasteiger partial charge in [0, 0.05) is 6.61 Å². The summed E-state index contributed by atoms with van der Waals surface area (Å²) in [6.07, 6.45) is -0.683. The van der Waals surface area contributed by atoms with Crippen molar-refractivity contribution in [1.29, 1.82) is 0 Å². The highest BCUT2D eigenvalue weighted by atomic mass is 16.5. The van der Waals surface area contributed by atoms with Crippen LogP contribution in [-0.2, 0) is 9.53 Å². The molecule has 72 valence electrons. The van der Waals surface area contributed by atoms with Gasteiger partial charge in [-0.05, 0) is 20.3 Å². The lowest BCUT2D eigenvalue weighted by atomic mass is 9.85. The molecule has 12 heavy (non-hydrogen) atoms. The lowest BCUT2D eigenvalue weighted by molar-refractivity contribution is -0.157. The van der Waals surface area contributed by atoms with Crippen LogP contribution in [0.1, 0.15) is 20.3 Å². The smallest absolute Gasteiger partial charge is 0.313 e. The van der Waals surface area contributed by atoms with Crippen LogP contribution >= 0.6 is 0 Å². The van der Waals surface area contributed by atoms with Gasteiger partial charge in [0.05, 0.1) is 18.6 Å². The van der Waals surface area contributed by atoms with Crippen LogP contribution in [0, 0.1) is 5.41 Å². The van der Waals surface area contributed by atoms with Crippen LogP contribution in [0.3, 0.4) is 0 Å². The molecule has 0 amide bonds. The van der Waals surface area contributed by atoms with Crippen molar-refractivity contribution in [2.45, 2.75) is 26.4 Å². The zero-order valence-electron chi connectivity index (χ0n) is 7.70. The van der Waals surface area contributed by atoms with Crippen molar-refractivity contribution in [2.24, 2.45) is 5.41 Å². The first kappa shape index (κ1) is 11.4. The molecule has 0 unspecified atom stereocenters. The number of carbonyl (C=O) groups excluding carboxylic acids is 1. The molecular formula is C8H16O4. The molecule has 0 aliphatic rings. The van der Waals surface area contributed by atoms with E-state index in [9.17, 15) is 9.90 Å². The Bertz CT molecular complexity index is 153. The topological polar surface area (TPSA) is 66.8 Å². The fourth-order valence-corrected chi connectivity index (χ4v) is 0.882. The lowest BCUT2D eigenvalue weighted by Gasteiger charge is -2.26. The van der Waals surface area contributed by atoms with Gasteiger partial charge in [-0.2, -0.15) is 0 Å². The molecule has 0 bridgehead atoms. The second-order valence-corrected chi connectivity index (χ2v) is 3.24. The first-order valence-corrected chi connectivity index (χ1v) is 3.84. The van der Waals surface area contributed by atoms with E-state index in [2.05, 4.69) is 4.74 Å². The molecular weight excluding hydrogens is 160 g/mol. The highest BCUT2D eigenvalue weighted by molar-refractivity contribution is 5.76. The van der Waals surface area contributed by atoms with Gasteiger partial charge in [0.15, 0.2) is 0 Å². The molecule has 0 spiro atoms. The third-order valence-corrected chi connectivity index (χ3v) is 1.95. The van der Waals surface area contributed by atoms with Crippen molar-refractivity contribution in [3.63, 3.8) is 0 Å². The predicted molar refractivity (Wildman–Crippen MR) is 43.5 cm³/mol. The first-order valence-electron chi connectivity index (χ1n) is 3.84. The van der Waals surface area contributed by atoms with Crippen LogP contribution in [0.2, 0.25) is 0 Å². The van der Waals surface area contributed by atoms with Crippen LogP contribution in [0.4, 0.5) is 0 Å². The molecule has 0 radical (unpaired) electrons. The van der Waals surface area contributed by atoms with Crippen molar-refractivity contribution in [2.75, 3.05) is 13.7 Å². The van der Waals surface area contributed by atoms with E-state index in [0.29, 0.717) is 0 Å². The van der Waals surface area contributed by atoms with Gasteiger partial charge in [-0.25, -0.2) is 0 Å². The van der Waals surface area contributed by atoms with Crippen molar-refractivity contribution in [1.82, 2.24) is 0 Å². The van der Waals surface area contributed by atoms with Gasteiger partial charge in [0.2, 0.25) is 0 Å². The Hall–Kier alpha value is -0.610. The van der Waals surface area contributed by atoms with Crippen molar-refractivity contribution >= 4 is 5.97 Å². The SMILES string of the molecule is COC(=O)C(C)(C)[C@@H](O)CCO. The molecule has 0 saturated carbocycles. The van der Waals surface area contributed by atoms with E-state index in [1.165, 1.54) is 7.11 Å². The molecule has 0 aliphatic carbocycles. The normalized spacial score (nSPS) is 14.1. The highest BCUT2D eigenvalue weighted by Crippen LogP contribution is 2.24. The average Bonchev–Trinajstić information content (AvgIpc) is 2.03. The summed E-state index contributed by atoms with van der Waals surface area (Å²) in [4.78, 5) is 11.1. The number of rotatable bonds is 4. The largest absolute Gasteiger partial charge is 0.469 e. The quantitative estimate of drug-likeness (QED) is 0.588. The Labute approximate surface area is 72.2 Å². The molecule has 0 aliphatic heterocycles. The molecule has 0 aromatic rings. The summed E-state index contributed by atoms with van der Waals surface area (Å²) in [5.41, 5.74) is -0.947. The number of aliphatic hydroxyl groups is 2. The maximum absolute atomic E-state index is 11.1. The third-order valence-electron chi connectivity index (χ3n) is 1.95. The van der Waals surface area contributed by atoms with Crippen LogP contribution < -0.4 is 0 Å². The van der Waals surface area contributed by atoms with E-state index in [-0.39, 0.29) is 13.0 Å². The van der Waals surface area contributed by atoms with E-state index in [4.69, 9.17) is 5.11 Å². The molecule has 0 saturated heterocycles. The van der Waals surface area contributed by atoms with Gasteiger partial charge in [0.1, 0.15) is 0 Å². The summed E-state index contributed by atoms with van der Waals surface area (Å²) in [5, 5.41) is 18.0. The van der Waals surface area contributed by atoms with E-state index in [1.54, 1.807) is 13.8 Å². The van der Waals surface area contributed by atoms with Crippen LogP contribution in [0.25, 0.3) is 0 Å². The van der Waals surface area contributed by atoms with Gasteiger partial charge in [0.25, 0.3) is 0 Å². The minimum atomic E-state index is -0.947. The van der Waals surface area contributed by atoms with Crippen molar-refractivity contribution in [3.05, 3.63) is 0 Å². The van der Waals surface area contributed by atoms with Crippen molar-refractivity contribution in [3.8, 4) is 0 Å². The molecule has 1 atom stereocenters. The maximum Gasteiger partial charge on any atom is 0.313 e. The van der Waals surface area contributed by atoms with Crippen LogP contribution in [-0.4, -0.2) is 36.0 Å². The Morgan fingerprint density at radius 1 is 1.58 bits per heavy atom. The lowest BCUT2D eigenvalue weighted by Crippen LogP contribution is -2.38. The van der Waals surface area contributed by atoms with Crippen molar-refractivity contribution < 1.29 is 19.7 Å². The zero-order chi connectivity index (χ0) is 9.78. The summed E-state index contributed by atoms with van der Waals surface area (Å²) < 4.78 is 4.50. The molecule has 0 rings (SSSR count). The maximum atomic E-state index is 11.1. The average molecular weight is 176 g/mol. The minimum Gasteiger partial charge on any atom is -0.469 e. The van der Waals surface area contributed by atoms with Gasteiger partial charge < -0.3 is 14.9 Å². The molecule has 0 fully saturated rings. The van der Waals surface area contributed by atoms with Gasteiger partial charge >= 0.3 is 5.97 Å². The summed E-state index contributed by atoms with van der Waals surface area (Å²) in [7, 11) is 1.27. The summed E-state index contributed by atoms with van der Waals surface area (Å²) in [6, 6.07) is 0. The number of hydrogen-bond acceptors (Lipinski definition) is 4. The molecule has 2 N–H and O–H groups in total. The molecule has 4 nitrogen and oxygen atoms in total. The van der Waals surface area contributed by atoms with Crippen LogP contribution in [0.15, 0.2) is 0 Å². The Kier molecular flexibility index (Phi) is 4.20. The minimum absolute atomic E-state index is 0.137. The molecule has 0 aromatic carbocycles. The van der Waals surface area contributed by atoms with E-state index in [0.717, 1.165) is 0 Å². The standard InChI is InChI=1S/C8H16O4/c1-8(2,7(11)12-3)6(10)4-5-9/h6,9-10H,4-5H2,1-3H3/t6-/m0/s1. The van der Waals surface area contributed by atoms with E-state index < -0.39 is 17.5 Å². The Morgan fingerprint density at radius 3 is 2.42 bits per heavy atom. The number of esters is 1. The summed E-state index contributed by atoms with van der Waals surface area (Å²) >= 11 is 0. The Morgan fingerprint density at radius 2 is 2.08 bits per heavy atom. The molecule has 0 heterocycles. The van der Waals surface area contributed by atoms with Gasteiger partial charge in [-0.15, -0.1) is 0 Å². The zero-order valence-corrected chi connectivity index (χ0v) is 7.70. The third kappa shape index (κ3) is 2.46. The van der Waals surface area contributed by atoms with E-state index >= 15 is 0 Å². The highest BCUT2D eigenvalue weighted by Gasteiger charge is 2.36. The number of hydrogen-bond donors (Lipinski definition) is 2. The predicted octanol–water partition coefficient (Wildman–Crippen LogP) is -0.0711. The van der Waals surface area contributed by atoms with Crippen LogP contribution in [0.5, 0.6) is 0 Å². The second kappa shape index (κ2) is 4.42. The summed E-state index contributed by atoms with van der Waals surface area (Å²) in [6.45, 7) is 3.03. The monoisotopic (exact) mass is 176 g/mol. The summed E-state index contributed by atoms with van der Waals surface area (Å²) in [5.74, 6) is -0.469. The number of methoxy groups -OCH3 is 1. The van der Waals surface area contributed by atoms with E-state index in [1.807, 2.05) is 0 Å². The molecule has 4 heteroatoms. The second-order valence-electron chi connectivity index (χ2n) is 3.24. The number of ether oxygens (including phenoxy) is 1. The first-order chi connectivity index (χ1) is 5.46. The van der Waals surface area contributed by atoms with Gasteiger partial charge in [-0.1, -0.05) is 0 Å². The Balaban J connectivity index is 4.26. The number of carbonyl (C=O) groups is 1. The molecule has 0 aromatic heterocycles. The fourth-order valence-electron chi connectivity index (χ4n) is 0.882. The number of aliphatic hydroxyl groups excluding tert-OH is 2. The van der Waals surface area contributed by atoms with Gasteiger partial charge in [-0.3, -0.25) is 4.79 Å². The fraction of sp³-hybridized carbons (Fsp3) is 0.875.